The second-order valence-corrected chi connectivity index (χ2v) is 3.16. The van der Waals surface area contributed by atoms with Gasteiger partial charge < -0.3 is 10.4 Å². The van der Waals surface area contributed by atoms with Crippen molar-refractivity contribution >= 4 is 17.3 Å². The Morgan fingerprint density at radius 1 is 1.50 bits per heavy atom. The lowest BCUT2D eigenvalue weighted by molar-refractivity contribution is 0.211. The van der Waals surface area contributed by atoms with E-state index < -0.39 is 6.10 Å². The predicted molar refractivity (Wildman–Crippen MR) is 56.4 cm³/mol. The summed E-state index contributed by atoms with van der Waals surface area (Å²) >= 11 is 5.44. The molecule has 0 aliphatic heterocycles. The van der Waals surface area contributed by atoms with Crippen LogP contribution in [0, 0.1) is 11.3 Å². The van der Waals surface area contributed by atoms with E-state index in [1.807, 2.05) is 6.07 Å². The van der Waals surface area contributed by atoms with Gasteiger partial charge in [0, 0.05) is 6.54 Å². The van der Waals surface area contributed by atoms with Crippen molar-refractivity contribution in [2.24, 2.45) is 0 Å². The lowest BCUT2D eigenvalue weighted by Gasteiger charge is -2.10. The molecule has 0 spiro atoms. The summed E-state index contributed by atoms with van der Waals surface area (Å²) in [5, 5.41) is 20.9. The van der Waals surface area contributed by atoms with Crippen LogP contribution in [0.2, 0.25) is 0 Å². The number of rotatable bonds is 4. The molecule has 0 bridgehead atoms. The van der Waals surface area contributed by atoms with E-state index in [0.717, 1.165) is 5.69 Å². The van der Waals surface area contributed by atoms with E-state index in [9.17, 15) is 5.11 Å². The molecule has 1 rings (SSSR count). The van der Waals surface area contributed by atoms with Crippen molar-refractivity contribution in [1.82, 2.24) is 0 Å². The Bertz CT molecular complexity index is 335. The molecule has 0 amide bonds. The van der Waals surface area contributed by atoms with Gasteiger partial charge in [-0.25, -0.2) is 0 Å². The van der Waals surface area contributed by atoms with E-state index in [2.05, 4.69) is 11.4 Å². The lowest BCUT2D eigenvalue weighted by Crippen LogP contribution is -2.21. The molecule has 1 atom stereocenters. The van der Waals surface area contributed by atoms with Gasteiger partial charge >= 0.3 is 0 Å². The molecule has 74 valence electrons. The molecule has 0 aliphatic carbocycles. The normalized spacial score (nSPS) is 11.8. The second-order valence-electron chi connectivity index (χ2n) is 2.85. The van der Waals surface area contributed by atoms with Crippen molar-refractivity contribution < 1.29 is 5.11 Å². The Kier molecular flexibility index (Phi) is 4.24. The van der Waals surface area contributed by atoms with E-state index >= 15 is 0 Å². The first-order chi connectivity index (χ1) is 6.77. The first-order valence-corrected chi connectivity index (χ1v) is 4.78. The molecule has 1 aromatic carbocycles. The van der Waals surface area contributed by atoms with Gasteiger partial charge in [-0.05, 0) is 12.1 Å². The zero-order valence-corrected chi connectivity index (χ0v) is 8.33. The quantitative estimate of drug-likeness (QED) is 0.742. The number of nitriles is 1. The summed E-state index contributed by atoms with van der Waals surface area (Å²) in [6.07, 6.45) is -0.594. The molecule has 14 heavy (non-hydrogen) atoms. The molecule has 2 N–H and O–H groups in total. The van der Waals surface area contributed by atoms with Crippen molar-refractivity contribution in [2.75, 3.05) is 17.7 Å². The van der Waals surface area contributed by atoms with Crippen LogP contribution in [0.25, 0.3) is 0 Å². The average Bonchev–Trinajstić information content (AvgIpc) is 2.26. The predicted octanol–water partition coefficient (Wildman–Crippen LogP) is 1.57. The highest BCUT2D eigenvalue weighted by molar-refractivity contribution is 6.18. The van der Waals surface area contributed by atoms with E-state index in [4.69, 9.17) is 16.9 Å². The molecule has 4 heteroatoms. The largest absolute Gasteiger partial charge is 0.390 e. The Labute approximate surface area is 87.9 Å². The van der Waals surface area contributed by atoms with E-state index in [0.29, 0.717) is 12.1 Å². The highest BCUT2D eigenvalue weighted by Gasteiger charge is 2.03. The second kappa shape index (κ2) is 5.48. The Morgan fingerprint density at radius 2 is 2.21 bits per heavy atom. The van der Waals surface area contributed by atoms with E-state index in [1.165, 1.54) is 0 Å². The fourth-order valence-electron chi connectivity index (χ4n) is 1.02. The maximum Gasteiger partial charge on any atom is 0.101 e. The molecular weight excluding hydrogens is 200 g/mol. The zero-order chi connectivity index (χ0) is 10.4. The van der Waals surface area contributed by atoms with Gasteiger partial charge in [0.1, 0.15) is 6.07 Å². The number of aliphatic hydroxyl groups excluding tert-OH is 1. The van der Waals surface area contributed by atoms with Crippen molar-refractivity contribution in [3.05, 3.63) is 29.8 Å². The van der Waals surface area contributed by atoms with Crippen molar-refractivity contribution in [2.45, 2.75) is 6.10 Å². The van der Waals surface area contributed by atoms with Gasteiger partial charge in [0.25, 0.3) is 0 Å². The molecule has 0 saturated carbocycles. The average molecular weight is 211 g/mol. The SMILES string of the molecule is N#Cc1ccccc1NCC(O)CCl. The van der Waals surface area contributed by atoms with Gasteiger partial charge in [0.2, 0.25) is 0 Å². The van der Waals surface area contributed by atoms with Crippen LogP contribution in [0.3, 0.4) is 0 Å². The number of hydrogen-bond donors (Lipinski definition) is 2. The number of aliphatic hydroxyl groups is 1. The molecular formula is C10H11ClN2O. The molecule has 3 nitrogen and oxygen atoms in total. The zero-order valence-electron chi connectivity index (χ0n) is 7.57. The smallest absolute Gasteiger partial charge is 0.101 e. The van der Waals surface area contributed by atoms with Gasteiger partial charge in [-0.3, -0.25) is 0 Å². The Balaban J connectivity index is 2.63. The molecule has 1 unspecified atom stereocenters. The van der Waals surface area contributed by atoms with E-state index in [1.54, 1.807) is 18.2 Å². The monoisotopic (exact) mass is 210 g/mol. The summed E-state index contributed by atoms with van der Waals surface area (Å²) < 4.78 is 0. The third-order valence-corrected chi connectivity index (χ3v) is 2.11. The number of benzene rings is 1. The first kappa shape index (κ1) is 10.8. The highest BCUT2D eigenvalue weighted by Crippen LogP contribution is 2.13. The minimum atomic E-state index is -0.594. The number of alkyl halides is 1. The van der Waals surface area contributed by atoms with Crippen LogP contribution in [-0.4, -0.2) is 23.6 Å². The molecule has 0 saturated heterocycles. The Hall–Kier alpha value is -1.24. The lowest BCUT2D eigenvalue weighted by atomic mass is 10.2. The van der Waals surface area contributed by atoms with Gasteiger partial charge in [0.15, 0.2) is 0 Å². The number of nitrogens with zero attached hydrogens (tertiary/aromatic N) is 1. The van der Waals surface area contributed by atoms with Gasteiger partial charge in [-0.2, -0.15) is 5.26 Å². The van der Waals surface area contributed by atoms with Gasteiger partial charge in [-0.15, -0.1) is 11.6 Å². The van der Waals surface area contributed by atoms with Crippen LogP contribution in [0.4, 0.5) is 5.69 Å². The number of hydrogen-bond acceptors (Lipinski definition) is 3. The maximum atomic E-state index is 9.21. The van der Waals surface area contributed by atoms with Crippen LogP contribution in [-0.2, 0) is 0 Å². The molecule has 1 aromatic rings. The fourth-order valence-corrected chi connectivity index (χ4v) is 1.13. The third-order valence-electron chi connectivity index (χ3n) is 1.75. The molecule has 0 aromatic heterocycles. The summed E-state index contributed by atoms with van der Waals surface area (Å²) in [7, 11) is 0. The third kappa shape index (κ3) is 2.91. The van der Waals surface area contributed by atoms with Crippen LogP contribution in [0.5, 0.6) is 0 Å². The van der Waals surface area contributed by atoms with Gasteiger partial charge in [0.05, 0.1) is 23.2 Å². The number of para-hydroxylation sites is 1. The molecule has 0 radical (unpaired) electrons. The fraction of sp³-hybridized carbons (Fsp3) is 0.300. The number of halogens is 1. The van der Waals surface area contributed by atoms with E-state index in [-0.39, 0.29) is 5.88 Å². The number of anilines is 1. The maximum absolute atomic E-state index is 9.21. The standard InChI is InChI=1S/C10H11ClN2O/c11-5-9(14)7-13-10-4-2-1-3-8(10)6-12/h1-4,9,13-14H,5,7H2. The summed E-state index contributed by atoms with van der Waals surface area (Å²) in [6, 6.07) is 9.19. The van der Waals surface area contributed by atoms with Crippen molar-refractivity contribution in [3.8, 4) is 6.07 Å². The minimum Gasteiger partial charge on any atom is -0.390 e. The number of nitrogens with one attached hydrogen (secondary N) is 1. The molecule has 0 fully saturated rings. The molecule has 0 aliphatic rings. The summed E-state index contributed by atoms with van der Waals surface area (Å²) in [5.74, 6) is 0.182. The first-order valence-electron chi connectivity index (χ1n) is 4.25. The van der Waals surface area contributed by atoms with Crippen molar-refractivity contribution in [1.29, 1.82) is 5.26 Å². The van der Waals surface area contributed by atoms with Crippen LogP contribution in [0.15, 0.2) is 24.3 Å². The van der Waals surface area contributed by atoms with Crippen LogP contribution in [0.1, 0.15) is 5.56 Å². The van der Waals surface area contributed by atoms with Crippen LogP contribution >= 0.6 is 11.6 Å². The highest BCUT2D eigenvalue weighted by atomic mass is 35.5. The molecule has 0 heterocycles. The Morgan fingerprint density at radius 3 is 2.86 bits per heavy atom. The summed E-state index contributed by atoms with van der Waals surface area (Å²) in [4.78, 5) is 0. The van der Waals surface area contributed by atoms with Gasteiger partial charge in [-0.1, -0.05) is 12.1 Å². The van der Waals surface area contributed by atoms with Crippen molar-refractivity contribution in [3.63, 3.8) is 0 Å². The topological polar surface area (TPSA) is 56.0 Å². The summed E-state index contributed by atoms with van der Waals surface area (Å²) in [6.45, 7) is 0.349. The van der Waals surface area contributed by atoms with Crippen LogP contribution < -0.4 is 5.32 Å². The minimum absolute atomic E-state index is 0.182. The summed E-state index contributed by atoms with van der Waals surface area (Å²) in [5.41, 5.74) is 1.29.